The largest absolute Gasteiger partial charge is 0.379 e. The zero-order valence-corrected chi connectivity index (χ0v) is 15.3. The van der Waals surface area contributed by atoms with Crippen molar-refractivity contribution in [3.05, 3.63) is 15.9 Å². The van der Waals surface area contributed by atoms with E-state index in [1.165, 1.54) is 5.69 Å². The Morgan fingerprint density at radius 2 is 2.00 bits per heavy atom. The van der Waals surface area contributed by atoms with Crippen LogP contribution in [0.4, 0.5) is 0 Å². The van der Waals surface area contributed by atoms with E-state index in [2.05, 4.69) is 54.0 Å². The zero-order chi connectivity index (χ0) is 15.5. The number of aromatic nitrogens is 2. The first-order chi connectivity index (χ1) is 9.26. The highest BCUT2D eigenvalue weighted by Crippen LogP contribution is 2.29. The molecule has 1 rings (SSSR count). The lowest BCUT2D eigenvalue weighted by Crippen LogP contribution is -2.48. The molecule has 1 aromatic rings. The van der Waals surface area contributed by atoms with Crippen molar-refractivity contribution in [2.24, 2.45) is 12.5 Å². The lowest BCUT2D eigenvalue weighted by atomic mass is 9.83. The number of nitrogens with one attached hydrogen (secondary N) is 1. The van der Waals surface area contributed by atoms with E-state index in [0.29, 0.717) is 0 Å². The number of hydrogen-bond donors (Lipinski definition) is 1. The Morgan fingerprint density at radius 1 is 1.40 bits per heavy atom. The topological polar surface area (TPSA) is 39.1 Å². The molecule has 0 saturated carbocycles. The van der Waals surface area contributed by atoms with Gasteiger partial charge >= 0.3 is 0 Å². The van der Waals surface area contributed by atoms with Gasteiger partial charge in [-0.25, -0.2) is 0 Å². The third-order valence-corrected chi connectivity index (χ3v) is 4.68. The Balaban J connectivity index is 3.02. The molecular weight excluding hydrogens is 318 g/mol. The average molecular weight is 346 g/mol. The van der Waals surface area contributed by atoms with Gasteiger partial charge in [0.2, 0.25) is 0 Å². The van der Waals surface area contributed by atoms with Crippen LogP contribution in [0.2, 0.25) is 0 Å². The fraction of sp³-hybridized carbons (Fsp3) is 0.800. The molecule has 0 amide bonds. The SMILES string of the molecule is CCc1nn(C)c(CC(NC)C(OC)C(C)(C)C)c1Br. The molecule has 1 heterocycles. The number of hydrogen-bond acceptors (Lipinski definition) is 3. The van der Waals surface area contributed by atoms with Crippen LogP contribution >= 0.6 is 15.9 Å². The smallest absolute Gasteiger partial charge is 0.0776 e. The van der Waals surface area contributed by atoms with Crippen molar-refractivity contribution in [3.8, 4) is 0 Å². The first-order valence-electron chi connectivity index (χ1n) is 7.16. The van der Waals surface area contributed by atoms with Crippen molar-refractivity contribution in [1.29, 1.82) is 0 Å². The molecule has 0 saturated heterocycles. The molecule has 0 radical (unpaired) electrons. The highest BCUT2D eigenvalue weighted by Gasteiger charge is 2.32. The molecule has 1 aromatic heterocycles. The summed E-state index contributed by atoms with van der Waals surface area (Å²) < 4.78 is 8.85. The van der Waals surface area contributed by atoms with E-state index in [9.17, 15) is 0 Å². The predicted molar refractivity (Wildman–Crippen MR) is 87.1 cm³/mol. The van der Waals surface area contributed by atoms with Crippen molar-refractivity contribution in [2.75, 3.05) is 14.2 Å². The minimum absolute atomic E-state index is 0.0844. The summed E-state index contributed by atoms with van der Waals surface area (Å²) in [5, 5.41) is 7.97. The monoisotopic (exact) mass is 345 g/mol. The van der Waals surface area contributed by atoms with E-state index >= 15 is 0 Å². The van der Waals surface area contributed by atoms with Gasteiger partial charge in [0.1, 0.15) is 0 Å². The van der Waals surface area contributed by atoms with E-state index in [-0.39, 0.29) is 17.6 Å². The fourth-order valence-electron chi connectivity index (χ4n) is 2.73. The standard InChI is InChI=1S/C15H28BrN3O/c1-8-10-13(16)12(19(6)18-10)9-11(17-5)14(20-7)15(2,3)4/h11,14,17H,8-9H2,1-7H3. The maximum atomic E-state index is 5.75. The molecule has 2 atom stereocenters. The molecule has 0 aromatic carbocycles. The van der Waals surface area contributed by atoms with E-state index in [1.54, 1.807) is 7.11 Å². The molecular formula is C15H28BrN3O. The van der Waals surface area contributed by atoms with Crippen LogP contribution < -0.4 is 5.32 Å². The van der Waals surface area contributed by atoms with Gasteiger partial charge in [-0.1, -0.05) is 27.7 Å². The predicted octanol–water partition coefficient (Wildman–Crippen LogP) is 2.94. The number of likely N-dealkylation sites (N-methyl/N-ethyl adjacent to an activating group) is 1. The number of rotatable bonds is 6. The molecule has 0 fully saturated rings. The molecule has 0 spiro atoms. The second-order valence-electron chi connectivity index (χ2n) is 6.31. The van der Waals surface area contributed by atoms with E-state index in [4.69, 9.17) is 4.74 Å². The van der Waals surface area contributed by atoms with E-state index in [1.807, 2.05) is 18.8 Å². The van der Waals surface area contributed by atoms with Crippen LogP contribution in [0, 0.1) is 5.41 Å². The maximum Gasteiger partial charge on any atom is 0.0776 e. The summed E-state index contributed by atoms with van der Waals surface area (Å²) in [7, 11) is 5.79. The van der Waals surface area contributed by atoms with Crippen LogP contribution in [0.15, 0.2) is 4.47 Å². The molecule has 0 aliphatic heterocycles. The fourth-order valence-corrected chi connectivity index (χ4v) is 3.51. The quantitative estimate of drug-likeness (QED) is 0.861. The number of halogens is 1. The molecule has 0 aliphatic rings. The number of nitrogens with zero attached hydrogens (tertiary/aromatic N) is 2. The van der Waals surface area contributed by atoms with Gasteiger partial charge in [-0.3, -0.25) is 4.68 Å². The molecule has 0 aliphatic carbocycles. The van der Waals surface area contributed by atoms with Gasteiger partial charge in [0, 0.05) is 26.6 Å². The van der Waals surface area contributed by atoms with E-state index < -0.39 is 0 Å². The van der Waals surface area contributed by atoms with Crippen molar-refractivity contribution >= 4 is 15.9 Å². The number of methoxy groups -OCH3 is 1. The summed E-state index contributed by atoms with van der Waals surface area (Å²) in [4.78, 5) is 0. The maximum absolute atomic E-state index is 5.75. The minimum Gasteiger partial charge on any atom is -0.379 e. The summed E-state index contributed by atoms with van der Waals surface area (Å²) in [5.41, 5.74) is 2.41. The molecule has 5 heteroatoms. The van der Waals surface area contributed by atoms with Crippen molar-refractivity contribution in [1.82, 2.24) is 15.1 Å². The summed E-state index contributed by atoms with van der Waals surface area (Å²) in [6.45, 7) is 8.75. The van der Waals surface area contributed by atoms with Crippen LogP contribution in [0.5, 0.6) is 0 Å². The Kier molecular flexibility index (Phi) is 6.23. The minimum atomic E-state index is 0.0844. The van der Waals surface area contributed by atoms with Crippen LogP contribution in [0.3, 0.4) is 0 Å². The average Bonchev–Trinajstić information content (AvgIpc) is 2.63. The third-order valence-electron chi connectivity index (χ3n) is 3.76. The van der Waals surface area contributed by atoms with Gasteiger partial charge in [-0.05, 0) is 34.8 Å². The number of ether oxygens (including phenoxy) is 1. The van der Waals surface area contributed by atoms with Crippen molar-refractivity contribution in [2.45, 2.75) is 52.7 Å². The Morgan fingerprint density at radius 3 is 2.35 bits per heavy atom. The summed E-state index contributed by atoms with van der Waals surface area (Å²) in [5.74, 6) is 0. The molecule has 116 valence electrons. The molecule has 0 bridgehead atoms. The van der Waals surface area contributed by atoms with Gasteiger partial charge in [0.25, 0.3) is 0 Å². The summed E-state index contributed by atoms with van der Waals surface area (Å²) >= 11 is 3.69. The first kappa shape index (κ1) is 17.7. The molecule has 20 heavy (non-hydrogen) atoms. The van der Waals surface area contributed by atoms with Crippen LogP contribution in [0.1, 0.15) is 39.1 Å². The number of aryl methyl sites for hydroxylation is 2. The van der Waals surface area contributed by atoms with Crippen molar-refractivity contribution < 1.29 is 4.74 Å². The van der Waals surface area contributed by atoms with Gasteiger partial charge in [0.05, 0.1) is 22.0 Å². The van der Waals surface area contributed by atoms with Crippen LogP contribution in [-0.4, -0.2) is 36.1 Å². The second kappa shape index (κ2) is 7.05. The highest BCUT2D eigenvalue weighted by atomic mass is 79.9. The second-order valence-corrected chi connectivity index (χ2v) is 7.10. The van der Waals surface area contributed by atoms with Gasteiger partial charge in [0.15, 0.2) is 0 Å². The lowest BCUT2D eigenvalue weighted by Gasteiger charge is -2.36. The van der Waals surface area contributed by atoms with Crippen molar-refractivity contribution in [3.63, 3.8) is 0 Å². The van der Waals surface area contributed by atoms with Crippen LogP contribution in [0.25, 0.3) is 0 Å². The zero-order valence-electron chi connectivity index (χ0n) is 13.7. The normalized spacial score (nSPS) is 15.4. The Labute approximate surface area is 131 Å². The lowest BCUT2D eigenvalue weighted by molar-refractivity contribution is -0.00963. The van der Waals surface area contributed by atoms with Gasteiger partial charge in [-0.2, -0.15) is 5.10 Å². The first-order valence-corrected chi connectivity index (χ1v) is 7.95. The molecule has 1 N–H and O–H groups in total. The molecule has 4 nitrogen and oxygen atoms in total. The van der Waals surface area contributed by atoms with E-state index in [0.717, 1.165) is 23.0 Å². The van der Waals surface area contributed by atoms with Crippen LogP contribution in [-0.2, 0) is 24.6 Å². The Hall–Kier alpha value is -0.390. The van der Waals surface area contributed by atoms with Gasteiger partial charge in [-0.15, -0.1) is 0 Å². The van der Waals surface area contributed by atoms with Gasteiger partial charge < -0.3 is 10.1 Å². The Bertz CT molecular complexity index is 437. The summed E-state index contributed by atoms with van der Waals surface area (Å²) in [6, 6.07) is 0.247. The molecule has 2 unspecified atom stereocenters. The summed E-state index contributed by atoms with van der Waals surface area (Å²) in [6.07, 6.45) is 1.96. The third kappa shape index (κ3) is 3.83. The highest BCUT2D eigenvalue weighted by molar-refractivity contribution is 9.10.